The van der Waals surface area contributed by atoms with Crippen LogP contribution in [0.15, 0.2) is 0 Å². The molecule has 2 aliphatic heterocycles. The molecule has 0 unspecified atom stereocenters. The molecule has 0 aromatic heterocycles. The van der Waals surface area contributed by atoms with E-state index in [1.807, 2.05) is 0 Å². The second kappa shape index (κ2) is 8.27. The van der Waals surface area contributed by atoms with Crippen molar-refractivity contribution in [1.29, 1.82) is 0 Å². The van der Waals surface area contributed by atoms with Gasteiger partial charge in [-0.1, -0.05) is 6.42 Å². The lowest BCUT2D eigenvalue weighted by Crippen LogP contribution is -2.48. The molecule has 0 bridgehead atoms. The highest BCUT2D eigenvalue weighted by molar-refractivity contribution is 5.79. The number of rotatable bonds is 6. The molecule has 0 N–H and O–H groups in total. The first kappa shape index (κ1) is 16.2. The second-order valence-electron chi connectivity index (χ2n) is 6.81. The molecule has 1 amide bonds. The second-order valence-corrected chi connectivity index (χ2v) is 6.81. The van der Waals surface area contributed by atoms with E-state index in [-0.39, 0.29) is 0 Å². The molecule has 0 spiro atoms. The molecule has 1 saturated carbocycles. The van der Waals surface area contributed by atoms with Crippen LogP contribution in [0.4, 0.5) is 0 Å². The van der Waals surface area contributed by atoms with Gasteiger partial charge in [0.25, 0.3) is 0 Å². The molecule has 126 valence electrons. The minimum Gasteiger partial charge on any atom is -0.381 e. The van der Waals surface area contributed by atoms with Crippen LogP contribution in [0.3, 0.4) is 0 Å². The van der Waals surface area contributed by atoms with E-state index in [0.717, 1.165) is 84.7 Å². The molecule has 0 aromatic carbocycles. The number of morpholine rings is 1. The van der Waals surface area contributed by atoms with E-state index in [0.29, 0.717) is 17.9 Å². The van der Waals surface area contributed by atoms with Crippen LogP contribution in [-0.4, -0.2) is 74.4 Å². The van der Waals surface area contributed by atoms with Gasteiger partial charge >= 0.3 is 0 Å². The Kier molecular flexibility index (Phi) is 6.10. The van der Waals surface area contributed by atoms with Gasteiger partial charge in [-0.05, 0) is 32.1 Å². The Morgan fingerprint density at radius 2 is 1.68 bits per heavy atom. The van der Waals surface area contributed by atoms with Gasteiger partial charge < -0.3 is 14.4 Å². The van der Waals surface area contributed by atoms with Crippen molar-refractivity contribution < 1.29 is 14.3 Å². The van der Waals surface area contributed by atoms with Crippen molar-refractivity contribution in [2.45, 2.75) is 44.6 Å². The molecule has 1 aliphatic carbocycles. The van der Waals surface area contributed by atoms with Gasteiger partial charge in [0, 0.05) is 51.4 Å². The van der Waals surface area contributed by atoms with Crippen molar-refractivity contribution in [3.8, 4) is 0 Å². The van der Waals surface area contributed by atoms with Crippen molar-refractivity contribution in [2.24, 2.45) is 5.92 Å². The lowest BCUT2D eigenvalue weighted by atomic mass is 9.83. The van der Waals surface area contributed by atoms with Gasteiger partial charge in [0.2, 0.25) is 5.91 Å². The maximum Gasteiger partial charge on any atom is 0.225 e. The van der Waals surface area contributed by atoms with Crippen LogP contribution in [0.1, 0.15) is 38.5 Å². The van der Waals surface area contributed by atoms with E-state index >= 15 is 0 Å². The molecule has 0 atom stereocenters. The van der Waals surface area contributed by atoms with Crippen molar-refractivity contribution in [3.63, 3.8) is 0 Å². The Hall–Kier alpha value is -0.650. The SMILES string of the molecule is O=C(C1CCC1)N(CCCN1CCOCC1)C1CCOCC1. The van der Waals surface area contributed by atoms with Crippen molar-refractivity contribution in [1.82, 2.24) is 9.80 Å². The third-order valence-corrected chi connectivity index (χ3v) is 5.35. The minimum absolute atomic E-state index is 0.311. The Morgan fingerprint density at radius 1 is 1.00 bits per heavy atom. The van der Waals surface area contributed by atoms with Gasteiger partial charge in [0.1, 0.15) is 0 Å². The van der Waals surface area contributed by atoms with Crippen molar-refractivity contribution in [2.75, 3.05) is 52.6 Å². The van der Waals surface area contributed by atoms with E-state index in [4.69, 9.17) is 9.47 Å². The van der Waals surface area contributed by atoms with Gasteiger partial charge in [-0.2, -0.15) is 0 Å². The van der Waals surface area contributed by atoms with E-state index in [2.05, 4.69) is 9.80 Å². The van der Waals surface area contributed by atoms with Crippen LogP contribution < -0.4 is 0 Å². The van der Waals surface area contributed by atoms with E-state index in [9.17, 15) is 4.79 Å². The molecule has 3 rings (SSSR count). The number of hydrogen-bond donors (Lipinski definition) is 0. The highest BCUT2D eigenvalue weighted by Gasteiger charge is 2.33. The lowest BCUT2D eigenvalue weighted by molar-refractivity contribution is -0.142. The van der Waals surface area contributed by atoms with Gasteiger partial charge in [0.05, 0.1) is 13.2 Å². The maximum absolute atomic E-state index is 12.8. The van der Waals surface area contributed by atoms with Crippen molar-refractivity contribution >= 4 is 5.91 Å². The Morgan fingerprint density at radius 3 is 2.32 bits per heavy atom. The maximum atomic E-state index is 12.8. The largest absolute Gasteiger partial charge is 0.381 e. The smallest absolute Gasteiger partial charge is 0.225 e. The number of nitrogens with zero attached hydrogens (tertiary/aromatic N) is 2. The Bertz CT molecular complexity index is 348. The quantitative estimate of drug-likeness (QED) is 0.746. The van der Waals surface area contributed by atoms with Crippen LogP contribution in [0.5, 0.6) is 0 Å². The summed E-state index contributed by atoms with van der Waals surface area (Å²) < 4.78 is 10.9. The lowest BCUT2D eigenvalue weighted by Gasteiger charge is -2.39. The van der Waals surface area contributed by atoms with Crippen LogP contribution in [0, 0.1) is 5.92 Å². The third kappa shape index (κ3) is 4.21. The monoisotopic (exact) mass is 310 g/mol. The van der Waals surface area contributed by atoms with Gasteiger partial charge in [-0.15, -0.1) is 0 Å². The predicted molar refractivity (Wildman–Crippen MR) is 84.8 cm³/mol. The van der Waals surface area contributed by atoms with Crippen LogP contribution in [0.2, 0.25) is 0 Å². The van der Waals surface area contributed by atoms with Crippen LogP contribution in [-0.2, 0) is 14.3 Å². The first-order valence-corrected chi connectivity index (χ1v) is 9.03. The summed E-state index contributed by atoms with van der Waals surface area (Å²) in [4.78, 5) is 17.4. The van der Waals surface area contributed by atoms with Crippen LogP contribution >= 0.6 is 0 Å². The molecule has 2 heterocycles. The molecule has 2 saturated heterocycles. The van der Waals surface area contributed by atoms with Crippen LogP contribution in [0.25, 0.3) is 0 Å². The van der Waals surface area contributed by atoms with E-state index in [1.54, 1.807) is 0 Å². The molecule has 5 nitrogen and oxygen atoms in total. The topological polar surface area (TPSA) is 42.0 Å². The van der Waals surface area contributed by atoms with E-state index < -0.39 is 0 Å². The molecular formula is C17H30N2O3. The van der Waals surface area contributed by atoms with Crippen molar-refractivity contribution in [3.05, 3.63) is 0 Å². The van der Waals surface area contributed by atoms with Gasteiger partial charge in [-0.3, -0.25) is 9.69 Å². The number of amides is 1. The third-order valence-electron chi connectivity index (χ3n) is 5.35. The molecule has 0 radical (unpaired) electrons. The first-order chi connectivity index (χ1) is 10.8. The molecule has 5 heteroatoms. The number of carbonyl (C=O) groups excluding carboxylic acids is 1. The molecule has 3 aliphatic rings. The van der Waals surface area contributed by atoms with Gasteiger partial charge in [0.15, 0.2) is 0 Å². The highest BCUT2D eigenvalue weighted by Crippen LogP contribution is 2.30. The summed E-state index contributed by atoms with van der Waals surface area (Å²) in [6.07, 6.45) is 6.53. The number of carbonyl (C=O) groups is 1. The molecule has 0 aromatic rings. The summed E-state index contributed by atoms with van der Waals surface area (Å²) in [6.45, 7) is 7.39. The standard InChI is InChI=1S/C17H30N2O3/c20-17(15-3-1-4-15)19(16-5-11-21-12-6-16)8-2-7-18-9-13-22-14-10-18/h15-16H,1-14H2. The average molecular weight is 310 g/mol. The summed E-state index contributed by atoms with van der Waals surface area (Å²) in [6, 6.07) is 0.409. The predicted octanol–water partition coefficient (Wildman–Crippen LogP) is 1.52. The summed E-state index contributed by atoms with van der Waals surface area (Å²) in [7, 11) is 0. The molecule has 22 heavy (non-hydrogen) atoms. The fraction of sp³-hybridized carbons (Fsp3) is 0.941. The summed E-state index contributed by atoms with van der Waals surface area (Å²) >= 11 is 0. The Labute approximate surface area is 133 Å². The zero-order valence-corrected chi connectivity index (χ0v) is 13.7. The number of hydrogen-bond acceptors (Lipinski definition) is 4. The minimum atomic E-state index is 0.311. The fourth-order valence-corrected chi connectivity index (χ4v) is 3.65. The zero-order chi connectivity index (χ0) is 15.2. The summed E-state index contributed by atoms with van der Waals surface area (Å²) in [5, 5.41) is 0. The zero-order valence-electron chi connectivity index (χ0n) is 13.7. The Balaban J connectivity index is 1.49. The number of ether oxygens (including phenoxy) is 2. The average Bonchev–Trinajstić information content (AvgIpc) is 2.51. The van der Waals surface area contributed by atoms with E-state index in [1.165, 1.54) is 6.42 Å². The summed E-state index contributed by atoms with van der Waals surface area (Å²) in [5.74, 6) is 0.728. The highest BCUT2D eigenvalue weighted by atomic mass is 16.5. The normalized spacial score (nSPS) is 24.9. The fourth-order valence-electron chi connectivity index (χ4n) is 3.65. The molecule has 3 fully saturated rings. The van der Waals surface area contributed by atoms with Gasteiger partial charge in [-0.25, -0.2) is 0 Å². The first-order valence-electron chi connectivity index (χ1n) is 9.03. The summed E-state index contributed by atoms with van der Waals surface area (Å²) in [5.41, 5.74) is 0. The molecular weight excluding hydrogens is 280 g/mol.